The van der Waals surface area contributed by atoms with Crippen LogP contribution in [-0.2, 0) is 4.79 Å². The van der Waals surface area contributed by atoms with E-state index < -0.39 is 0 Å². The highest BCUT2D eigenvalue weighted by molar-refractivity contribution is 5.85. The van der Waals surface area contributed by atoms with E-state index in [1.165, 1.54) is 0 Å². The van der Waals surface area contributed by atoms with Crippen molar-refractivity contribution in [2.45, 2.75) is 19.8 Å². The van der Waals surface area contributed by atoms with Gasteiger partial charge >= 0.3 is 0 Å². The molecule has 1 atom stereocenters. The molecular weight excluding hydrogens is 264 g/mol. The third-order valence-electron chi connectivity index (χ3n) is 2.69. The normalized spacial score (nSPS) is 11.3. The van der Waals surface area contributed by atoms with Crippen molar-refractivity contribution in [3.05, 3.63) is 30.3 Å². The maximum atomic E-state index is 11.7. The lowest BCUT2D eigenvalue weighted by Crippen LogP contribution is -2.31. The fourth-order valence-electron chi connectivity index (χ4n) is 1.49. The number of para-hydroxylation sites is 1. The van der Waals surface area contributed by atoms with Gasteiger partial charge in [0.15, 0.2) is 0 Å². The number of nitrogens with two attached hydrogens (primary N) is 1. The van der Waals surface area contributed by atoms with Gasteiger partial charge in [-0.1, -0.05) is 25.1 Å². The molecule has 4 nitrogen and oxygen atoms in total. The number of ether oxygens (including phenoxy) is 1. The van der Waals surface area contributed by atoms with Crippen LogP contribution in [0.15, 0.2) is 30.3 Å². The van der Waals surface area contributed by atoms with E-state index in [4.69, 9.17) is 10.5 Å². The average Bonchev–Trinajstić information content (AvgIpc) is 2.40. The molecule has 0 saturated carbocycles. The summed E-state index contributed by atoms with van der Waals surface area (Å²) in [6.45, 7) is 3.71. The molecule has 1 unspecified atom stereocenters. The van der Waals surface area contributed by atoms with Crippen molar-refractivity contribution in [3.63, 3.8) is 0 Å². The standard InChI is InChI=1S/C14H22N2O2.ClH/c1-12(14(17)16-10-5-9-15)8-11-18-13-6-3-2-4-7-13;/h2-4,6-7,12H,5,8-11,15H2,1H3,(H,16,17);1H. The summed E-state index contributed by atoms with van der Waals surface area (Å²) in [5.74, 6) is 0.875. The highest BCUT2D eigenvalue weighted by atomic mass is 35.5. The zero-order valence-corrected chi connectivity index (χ0v) is 12.1. The molecule has 0 bridgehead atoms. The first kappa shape index (κ1) is 17.7. The molecule has 0 heterocycles. The van der Waals surface area contributed by atoms with Crippen LogP contribution in [0.5, 0.6) is 5.75 Å². The predicted molar refractivity (Wildman–Crippen MR) is 79.6 cm³/mol. The number of benzene rings is 1. The van der Waals surface area contributed by atoms with Crippen molar-refractivity contribution in [2.24, 2.45) is 11.7 Å². The van der Waals surface area contributed by atoms with Gasteiger partial charge in [-0.25, -0.2) is 0 Å². The summed E-state index contributed by atoms with van der Waals surface area (Å²) in [6.07, 6.45) is 1.53. The molecule has 0 spiro atoms. The van der Waals surface area contributed by atoms with Crippen molar-refractivity contribution in [1.82, 2.24) is 5.32 Å². The molecule has 5 heteroatoms. The second-order valence-corrected chi connectivity index (χ2v) is 4.28. The Hall–Kier alpha value is -1.26. The van der Waals surface area contributed by atoms with Gasteiger partial charge in [-0.2, -0.15) is 0 Å². The van der Waals surface area contributed by atoms with Gasteiger partial charge in [0, 0.05) is 12.5 Å². The number of halogens is 1. The number of hydrogen-bond acceptors (Lipinski definition) is 3. The number of rotatable bonds is 8. The van der Waals surface area contributed by atoms with E-state index in [9.17, 15) is 4.79 Å². The number of nitrogens with one attached hydrogen (secondary N) is 1. The quantitative estimate of drug-likeness (QED) is 0.718. The Labute approximate surface area is 121 Å². The van der Waals surface area contributed by atoms with Gasteiger partial charge in [0.2, 0.25) is 5.91 Å². The fourth-order valence-corrected chi connectivity index (χ4v) is 1.49. The first-order valence-electron chi connectivity index (χ1n) is 6.39. The summed E-state index contributed by atoms with van der Waals surface area (Å²) in [5.41, 5.74) is 5.36. The lowest BCUT2D eigenvalue weighted by atomic mass is 10.1. The molecule has 0 aliphatic carbocycles. The smallest absolute Gasteiger partial charge is 0.222 e. The third-order valence-corrected chi connectivity index (χ3v) is 2.69. The van der Waals surface area contributed by atoms with Gasteiger partial charge in [-0.3, -0.25) is 4.79 Å². The number of carbonyl (C=O) groups is 1. The molecule has 0 aliphatic rings. The highest BCUT2D eigenvalue weighted by Gasteiger charge is 2.11. The van der Waals surface area contributed by atoms with Gasteiger partial charge in [0.05, 0.1) is 6.61 Å². The van der Waals surface area contributed by atoms with Crippen molar-refractivity contribution in [3.8, 4) is 5.75 Å². The minimum absolute atomic E-state index is 0. The molecule has 1 aromatic carbocycles. The van der Waals surface area contributed by atoms with Gasteiger partial charge < -0.3 is 15.8 Å². The van der Waals surface area contributed by atoms with Gasteiger partial charge in [0.1, 0.15) is 5.75 Å². The summed E-state index contributed by atoms with van der Waals surface area (Å²) in [4.78, 5) is 11.7. The first-order chi connectivity index (χ1) is 8.74. The summed E-state index contributed by atoms with van der Waals surface area (Å²) in [5, 5.41) is 2.86. The third kappa shape index (κ3) is 7.70. The molecule has 108 valence electrons. The molecule has 0 radical (unpaired) electrons. The van der Waals surface area contributed by atoms with E-state index in [-0.39, 0.29) is 24.2 Å². The van der Waals surface area contributed by atoms with E-state index >= 15 is 0 Å². The minimum atomic E-state index is -0.0357. The highest BCUT2D eigenvalue weighted by Crippen LogP contribution is 2.10. The van der Waals surface area contributed by atoms with Crippen LogP contribution in [0, 0.1) is 5.92 Å². The van der Waals surface area contributed by atoms with E-state index in [1.807, 2.05) is 37.3 Å². The van der Waals surface area contributed by atoms with Crippen LogP contribution in [0.1, 0.15) is 19.8 Å². The molecule has 1 rings (SSSR count). The molecule has 0 aliphatic heterocycles. The molecule has 0 saturated heterocycles. The second kappa shape index (κ2) is 10.6. The van der Waals surface area contributed by atoms with E-state index in [1.54, 1.807) is 0 Å². The number of hydrogen-bond donors (Lipinski definition) is 2. The summed E-state index contributed by atoms with van der Waals surface area (Å²) in [7, 11) is 0. The Bertz CT molecular complexity index is 347. The summed E-state index contributed by atoms with van der Waals surface area (Å²) < 4.78 is 5.55. The Balaban J connectivity index is 0.00000324. The Morgan fingerprint density at radius 1 is 1.37 bits per heavy atom. The molecular formula is C14H23ClN2O2. The van der Waals surface area contributed by atoms with Crippen molar-refractivity contribution in [1.29, 1.82) is 0 Å². The van der Waals surface area contributed by atoms with E-state index in [2.05, 4.69) is 5.32 Å². The lowest BCUT2D eigenvalue weighted by molar-refractivity contribution is -0.124. The summed E-state index contributed by atoms with van der Waals surface area (Å²) >= 11 is 0. The van der Waals surface area contributed by atoms with Crippen LogP contribution < -0.4 is 15.8 Å². The molecule has 0 fully saturated rings. The van der Waals surface area contributed by atoms with Crippen LogP contribution >= 0.6 is 12.4 Å². The van der Waals surface area contributed by atoms with Crippen molar-refractivity contribution in [2.75, 3.05) is 19.7 Å². The molecule has 3 N–H and O–H groups in total. The van der Waals surface area contributed by atoms with Gasteiger partial charge in [-0.15, -0.1) is 12.4 Å². The largest absolute Gasteiger partial charge is 0.494 e. The van der Waals surface area contributed by atoms with E-state index in [0.717, 1.165) is 12.2 Å². The van der Waals surface area contributed by atoms with Crippen LogP contribution in [-0.4, -0.2) is 25.6 Å². The van der Waals surface area contributed by atoms with Gasteiger partial charge in [-0.05, 0) is 31.5 Å². The zero-order valence-electron chi connectivity index (χ0n) is 11.3. The maximum Gasteiger partial charge on any atom is 0.222 e. The van der Waals surface area contributed by atoms with Crippen LogP contribution in [0.2, 0.25) is 0 Å². The molecule has 1 amide bonds. The average molecular weight is 287 g/mol. The monoisotopic (exact) mass is 286 g/mol. The van der Waals surface area contributed by atoms with Crippen LogP contribution in [0.25, 0.3) is 0 Å². The number of carbonyl (C=O) groups excluding carboxylic acids is 1. The van der Waals surface area contributed by atoms with Crippen LogP contribution in [0.4, 0.5) is 0 Å². The second-order valence-electron chi connectivity index (χ2n) is 4.28. The van der Waals surface area contributed by atoms with Crippen molar-refractivity contribution < 1.29 is 9.53 Å². The number of amides is 1. The van der Waals surface area contributed by atoms with Crippen LogP contribution in [0.3, 0.4) is 0 Å². The Morgan fingerprint density at radius 3 is 2.68 bits per heavy atom. The Morgan fingerprint density at radius 2 is 2.05 bits per heavy atom. The first-order valence-corrected chi connectivity index (χ1v) is 6.39. The minimum Gasteiger partial charge on any atom is -0.494 e. The molecule has 19 heavy (non-hydrogen) atoms. The topological polar surface area (TPSA) is 64.3 Å². The zero-order chi connectivity index (χ0) is 13.2. The maximum absolute atomic E-state index is 11.7. The van der Waals surface area contributed by atoms with E-state index in [0.29, 0.717) is 26.1 Å². The lowest BCUT2D eigenvalue weighted by Gasteiger charge is -2.12. The molecule has 1 aromatic rings. The Kier molecular flexibility index (Phi) is 9.94. The molecule has 0 aromatic heterocycles. The van der Waals surface area contributed by atoms with Crippen molar-refractivity contribution >= 4 is 18.3 Å². The summed E-state index contributed by atoms with van der Waals surface area (Å²) in [6, 6.07) is 9.62. The predicted octanol–water partition coefficient (Wildman–Crippen LogP) is 1.98. The SMILES string of the molecule is CC(CCOc1ccccc1)C(=O)NCCCN.Cl. The van der Waals surface area contributed by atoms with Gasteiger partial charge in [0.25, 0.3) is 0 Å². The fraction of sp³-hybridized carbons (Fsp3) is 0.500.